The molecule has 0 aliphatic carbocycles. The molecule has 2 unspecified atom stereocenters. The summed E-state index contributed by atoms with van der Waals surface area (Å²) in [7, 11) is -3.34. The first-order chi connectivity index (χ1) is 8.57. The van der Waals surface area contributed by atoms with Gasteiger partial charge in [-0.25, -0.2) is 8.42 Å². The quantitative estimate of drug-likeness (QED) is 0.807. The second-order valence-corrected chi connectivity index (χ2v) is 6.74. The number of halogens is 3. The number of alkyl halides is 3. The van der Waals surface area contributed by atoms with Crippen molar-refractivity contribution >= 4 is 10.0 Å². The zero-order valence-electron chi connectivity index (χ0n) is 11.0. The maximum Gasteiger partial charge on any atom is 0.405 e. The standard InChI is InChI=1S/C10H20F3N3O2S/c1-3-8(14)9(10(11,12)13)15-4-6-16(7-5-15)19(2,17)18/h8-9H,3-7,14H2,1-2H3. The summed E-state index contributed by atoms with van der Waals surface area (Å²) in [5.74, 6) is 0. The van der Waals surface area contributed by atoms with Crippen molar-refractivity contribution in [1.29, 1.82) is 0 Å². The number of nitrogens with zero attached hydrogens (tertiary/aromatic N) is 2. The van der Waals surface area contributed by atoms with Gasteiger partial charge in [0, 0.05) is 32.2 Å². The van der Waals surface area contributed by atoms with Gasteiger partial charge in [0.1, 0.15) is 6.04 Å². The average molecular weight is 303 g/mol. The van der Waals surface area contributed by atoms with E-state index in [1.165, 1.54) is 9.21 Å². The fourth-order valence-corrected chi connectivity index (χ4v) is 3.08. The molecule has 1 fully saturated rings. The lowest BCUT2D eigenvalue weighted by Crippen LogP contribution is -2.61. The van der Waals surface area contributed by atoms with E-state index >= 15 is 0 Å². The van der Waals surface area contributed by atoms with Crippen molar-refractivity contribution in [2.45, 2.75) is 31.6 Å². The first-order valence-corrected chi connectivity index (χ1v) is 7.93. The van der Waals surface area contributed by atoms with Crippen LogP contribution >= 0.6 is 0 Å². The molecule has 0 amide bonds. The minimum Gasteiger partial charge on any atom is -0.326 e. The fraction of sp³-hybridized carbons (Fsp3) is 1.00. The zero-order valence-corrected chi connectivity index (χ0v) is 11.8. The van der Waals surface area contributed by atoms with Crippen molar-refractivity contribution in [3.05, 3.63) is 0 Å². The van der Waals surface area contributed by atoms with Gasteiger partial charge in [-0.3, -0.25) is 4.90 Å². The lowest BCUT2D eigenvalue weighted by atomic mass is 10.0. The normalized spacial score (nSPS) is 23.3. The Kier molecular flexibility index (Phi) is 5.21. The van der Waals surface area contributed by atoms with E-state index in [4.69, 9.17) is 5.73 Å². The summed E-state index contributed by atoms with van der Waals surface area (Å²) < 4.78 is 62.9. The van der Waals surface area contributed by atoms with Crippen LogP contribution < -0.4 is 5.73 Å². The number of rotatable bonds is 4. The van der Waals surface area contributed by atoms with Crippen LogP contribution in [-0.4, -0.2) is 68.3 Å². The molecule has 0 radical (unpaired) electrons. The van der Waals surface area contributed by atoms with Gasteiger partial charge in [0.2, 0.25) is 10.0 Å². The van der Waals surface area contributed by atoms with Crippen LogP contribution in [0.2, 0.25) is 0 Å². The molecular weight excluding hydrogens is 283 g/mol. The lowest BCUT2D eigenvalue weighted by molar-refractivity contribution is -0.192. The van der Waals surface area contributed by atoms with Crippen LogP contribution in [0.4, 0.5) is 13.2 Å². The predicted octanol–water partition coefficient (Wildman–Crippen LogP) is 0.232. The summed E-state index contributed by atoms with van der Waals surface area (Å²) in [6, 6.07) is -2.70. The molecule has 19 heavy (non-hydrogen) atoms. The zero-order chi connectivity index (χ0) is 14.8. The summed E-state index contributed by atoms with van der Waals surface area (Å²) in [5.41, 5.74) is 5.56. The number of piperazine rings is 1. The van der Waals surface area contributed by atoms with Gasteiger partial charge in [-0.1, -0.05) is 6.92 Å². The highest BCUT2D eigenvalue weighted by Gasteiger charge is 2.47. The van der Waals surface area contributed by atoms with Gasteiger partial charge in [0.25, 0.3) is 0 Å². The van der Waals surface area contributed by atoms with Crippen molar-refractivity contribution < 1.29 is 21.6 Å². The highest BCUT2D eigenvalue weighted by molar-refractivity contribution is 7.88. The second-order valence-electron chi connectivity index (χ2n) is 4.76. The molecule has 0 bridgehead atoms. The third-order valence-electron chi connectivity index (χ3n) is 3.35. The van der Waals surface area contributed by atoms with E-state index in [9.17, 15) is 21.6 Å². The number of hydrogen-bond acceptors (Lipinski definition) is 4. The molecule has 2 N–H and O–H groups in total. The van der Waals surface area contributed by atoms with Crippen LogP contribution in [0.15, 0.2) is 0 Å². The van der Waals surface area contributed by atoms with Crippen molar-refractivity contribution in [3.63, 3.8) is 0 Å². The van der Waals surface area contributed by atoms with Gasteiger partial charge in [-0.15, -0.1) is 0 Å². The van der Waals surface area contributed by atoms with Gasteiger partial charge in [-0.2, -0.15) is 17.5 Å². The Hall–Kier alpha value is -0.380. The van der Waals surface area contributed by atoms with Gasteiger partial charge in [0.05, 0.1) is 6.26 Å². The Balaban J connectivity index is 2.76. The van der Waals surface area contributed by atoms with Gasteiger partial charge >= 0.3 is 6.18 Å². The summed E-state index contributed by atoms with van der Waals surface area (Å²) in [5, 5.41) is 0. The van der Waals surface area contributed by atoms with E-state index < -0.39 is 28.3 Å². The minimum absolute atomic E-state index is 0.0466. The van der Waals surface area contributed by atoms with E-state index in [1.54, 1.807) is 6.92 Å². The van der Waals surface area contributed by atoms with E-state index in [2.05, 4.69) is 0 Å². The maximum atomic E-state index is 13.0. The molecule has 1 aliphatic heterocycles. The predicted molar refractivity (Wildman–Crippen MR) is 66.1 cm³/mol. The smallest absolute Gasteiger partial charge is 0.326 e. The number of sulfonamides is 1. The fourth-order valence-electron chi connectivity index (χ4n) is 2.26. The van der Waals surface area contributed by atoms with Crippen molar-refractivity contribution in [2.75, 3.05) is 32.4 Å². The van der Waals surface area contributed by atoms with E-state index in [1.807, 2.05) is 0 Å². The third-order valence-corrected chi connectivity index (χ3v) is 4.65. The first-order valence-electron chi connectivity index (χ1n) is 6.08. The molecule has 0 aromatic carbocycles. The van der Waals surface area contributed by atoms with E-state index in [0.29, 0.717) is 0 Å². The largest absolute Gasteiger partial charge is 0.405 e. The Labute approximate surface area is 111 Å². The molecule has 0 aromatic rings. The van der Waals surface area contributed by atoms with Crippen LogP contribution in [0, 0.1) is 0 Å². The van der Waals surface area contributed by atoms with E-state index in [-0.39, 0.29) is 32.6 Å². The van der Waals surface area contributed by atoms with Crippen LogP contribution in [0.5, 0.6) is 0 Å². The minimum atomic E-state index is -4.40. The lowest BCUT2D eigenvalue weighted by Gasteiger charge is -2.41. The topological polar surface area (TPSA) is 66.6 Å². The summed E-state index contributed by atoms with van der Waals surface area (Å²) >= 11 is 0. The summed E-state index contributed by atoms with van der Waals surface area (Å²) in [6.45, 7) is 1.84. The Morgan fingerprint density at radius 2 is 1.68 bits per heavy atom. The molecule has 1 heterocycles. The van der Waals surface area contributed by atoms with Gasteiger partial charge in [0.15, 0.2) is 0 Å². The molecule has 0 spiro atoms. The van der Waals surface area contributed by atoms with E-state index in [0.717, 1.165) is 6.26 Å². The molecule has 1 saturated heterocycles. The average Bonchev–Trinajstić information content (AvgIpc) is 2.26. The number of nitrogens with two attached hydrogens (primary N) is 1. The molecular formula is C10H20F3N3O2S. The Bertz CT molecular complexity index is 391. The SMILES string of the molecule is CCC(N)C(N1CCN(S(C)(=O)=O)CC1)C(F)(F)F. The third kappa shape index (κ3) is 4.30. The molecule has 114 valence electrons. The molecule has 1 rings (SSSR count). The molecule has 0 saturated carbocycles. The molecule has 1 aliphatic rings. The highest BCUT2D eigenvalue weighted by atomic mass is 32.2. The van der Waals surface area contributed by atoms with Crippen LogP contribution in [0.25, 0.3) is 0 Å². The molecule has 9 heteroatoms. The Morgan fingerprint density at radius 3 is 2.00 bits per heavy atom. The maximum absolute atomic E-state index is 13.0. The highest BCUT2D eigenvalue weighted by Crippen LogP contribution is 2.28. The second kappa shape index (κ2) is 5.94. The molecule has 2 atom stereocenters. The van der Waals surface area contributed by atoms with Crippen LogP contribution in [-0.2, 0) is 10.0 Å². The number of hydrogen-bond donors (Lipinski definition) is 1. The van der Waals surface area contributed by atoms with Crippen LogP contribution in [0.3, 0.4) is 0 Å². The van der Waals surface area contributed by atoms with Gasteiger partial charge < -0.3 is 5.73 Å². The molecule has 0 aromatic heterocycles. The summed E-state index contributed by atoms with van der Waals surface area (Å²) in [4.78, 5) is 1.23. The molecule has 5 nitrogen and oxygen atoms in total. The first kappa shape index (κ1) is 16.7. The summed E-state index contributed by atoms with van der Waals surface area (Å²) in [6.07, 6.45) is -3.12. The van der Waals surface area contributed by atoms with Crippen molar-refractivity contribution in [2.24, 2.45) is 5.73 Å². The van der Waals surface area contributed by atoms with Gasteiger partial charge in [-0.05, 0) is 6.42 Å². The monoisotopic (exact) mass is 303 g/mol. The van der Waals surface area contributed by atoms with Crippen LogP contribution in [0.1, 0.15) is 13.3 Å². The Morgan fingerprint density at radius 1 is 1.21 bits per heavy atom. The van der Waals surface area contributed by atoms with Crippen molar-refractivity contribution in [3.8, 4) is 0 Å². The van der Waals surface area contributed by atoms with Crippen molar-refractivity contribution in [1.82, 2.24) is 9.21 Å².